The van der Waals surface area contributed by atoms with E-state index in [2.05, 4.69) is 24.4 Å². The van der Waals surface area contributed by atoms with Crippen LogP contribution in [0.2, 0.25) is 0 Å². The Morgan fingerprint density at radius 1 is 1.13 bits per heavy atom. The predicted octanol–water partition coefficient (Wildman–Crippen LogP) is 4.81. The summed E-state index contributed by atoms with van der Waals surface area (Å²) in [5, 5.41) is 7.67. The Balaban J connectivity index is 1.61. The molecule has 0 unspecified atom stereocenters. The fraction of sp³-hybridized carbons (Fsp3) is 0.375. The van der Waals surface area contributed by atoms with Crippen LogP contribution in [0.15, 0.2) is 48.5 Å². The van der Waals surface area contributed by atoms with Crippen LogP contribution in [0, 0.1) is 0 Å². The van der Waals surface area contributed by atoms with Crippen molar-refractivity contribution in [3.05, 3.63) is 65.7 Å². The zero-order valence-electron chi connectivity index (χ0n) is 18.2. The number of aromatic nitrogens is 3. The van der Waals surface area contributed by atoms with Crippen LogP contribution in [0.4, 0.5) is 16.2 Å². The first-order valence-electron chi connectivity index (χ1n) is 10.9. The van der Waals surface area contributed by atoms with E-state index in [0.29, 0.717) is 23.8 Å². The molecule has 1 aliphatic rings. The summed E-state index contributed by atoms with van der Waals surface area (Å²) in [6.07, 6.45) is 5.34. The van der Waals surface area contributed by atoms with Gasteiger partial charge in [0.15, 0.2) is 5.82 Å². The highest BCUT2D eigenvalue weighted by molar-refractivity contribution is 6.02. The molecule has 7 heteroatoms. The Kier molecular flexibility index (Phi) is 6.50. The molecule has 0 radical (unpaired) electrons. The van der Waals surface area contributed by atoms with Crippen molar-refractivity contribution < 1.29 is 9.53 Å². The third-order valence-electron chi connectivity index (χ3n) is 5.61. The number of hydrogen-bond donors (Lipinski definition) is 1. The highest BCUT2D eigenvalue weighted by atomic mass is 16.5. The topological polar surface area (TPSA) is 72.3 Å². The lowest BCUT2D eigenvalue weighted by molar-refractivity contribution is 0.256. The minimum atomic E-state index is -0.251. The summed E-state index contributed by atoms with van der Waals surface area (Å²) in [4.78, 5) is 19.8. The maximum Gasteiger partial charge on any atom is 0.326 e. The number of nitrogens with one attached hydrogen (secondary N) is 1. The van der Waals surface area contributed by atoms with E-state index in [4.69, 9.17) is 14.8 Å². The number of hydrogen-bond acceptors (Lipinski definition) is 4. The molecular formula is C24H29N5O2. The molecule has 162 valence electrons. The Labute approximate surface area is 183 Å². The summed E-state index contributed by atoms with van der Waals surface area (Å²) in [7, 11) is 1.59. The van der Waals surface area contributed by atoms with E-state index in [9.17, 15) is 4.79 Å². The van der Waals surface area contributed by atoms with Gasteiger partial charge in [0.2, 0.25) is 0 Å². The molecule has 2 aromatic carbocycles. The largest absolute Gasteiger partial charge is 0.495 e. The molecule has 0 saturated carbocycles. The van der Waals surface area contributed by atoms with E-state index >= 15 is 0 Å². The lowest BCUT2D eigenvalue weighted by atomic mass is 10.1. The number of anilines is 2. The van der Waals surface area contributed by atoms with Gasteiger partial charge >= 0.3 is 6.03 Å². The normalized spacial score (nSPS) is 13.2. The van der Waals surface area contributed by atoms with Crippen LogP contribution in [0.5, 0.6) is 5.75 Å². The number of carbonyl (C=O) groups is 1. The number of aryl methyl sites for hydroxylation is 3. The lowest BCUT2D eigenvalue weighted by Crippen LogP contribution is -2.35. The predicted molar refractivity (Wildman–Crippen MR) is 122 cm³/mol. The van der Waals surface area contributed by atoms with Crippen LogP contribution in [-0.2, 0) is 25.9 Å². The number of ether oxygens (including phenoxy) is 1. The smallest absolute Gasteiger partial charge is 0.326 e. The standard InChI is InChI=1S/C24H29N5O2/c1-3-18-12-14-19(15-13-18)28(24(30)25-20-9-6-7-10-21(20)31-2)17-22-26-23-11-5-4-8-16-29(23)27-22/h6-7,9-10,12-15H,3-5,8,11,16-17H2,1-2H3,(H,25,30). The van der Waals surface area contributed by atoms with Gasteiger partial charge in [0.25, 0.3) is 0 Å². The van der Waals surface area contributed by atoms with E-state index in [0.717, 1.165) is 43.7 Å². The molecule has 2 heterocycles. The van der Waals surface area contributed by atoms with Gasteiger partial charge in [-0.3, -0.25) is 4.90 Å². The number of nitrogens with zero attached hydrogens (tertiary/aromatic N) is 4. The third-order valence-corrected chi connectivity index (χ3v) is 5.61. The number of urea groups is 1. The molecule has 1 N–H and O–H groups in total. The molecule has 7 nitrogen and oxygen atoms in total. The van der Waals surface area contributed by atoms with Crippen molar-refractivity contribution in [2.24, 2.45) is 0 Å². The summed E-state index contributed by atoms with van der Waals surface area (Å²) >= 11 is 0. The summed E-state index contributed by atoms with van der Waals surface area (Å²) in [6.45, 7) is 3.30. The van der Waals surface area contributed by atoms with Gasteiger partial charge in [-0.1, -0.05) is 37.6 Å². The first-order chi connectivity index (χ1) is 15.2. The molecular weight excluding hydrogens is 390 g/mol. The number of fused-ring (bicyclic) bond motifs is 1. The van der Waals surface area contributed by atoms with Crippen LogP contribution in [0.3, 0.4) is 0 Å². The number of para-hydroxylation sites is 2. The average molecular weight is 420 g/mol. The second-order valence-electron chi connectivity index (χ2n) is 7.71. The molecule has 2 amide bonds. The van der Waals surface area contributed by atoms with Gasteiger partial charge < -0.3 is 10.1 Å². The zero-order chi connectivity index (χ0) is 21.6. The van der Waals surface area contributed by atoms with E-state index in [1.54, 1.807) is 12.0 Å². The summed E-state index contributed by atoms with van der Waals surface area (Å²) in [6, 6.07) is 15.2. The number of methoxy groups -OCH3 is 1. The molecule has 0 saturated heterocycles. The highest BCUT2D eigenvalue weighted by Crippen LogP contribution is 2.25. The maximum absolute atomic E-state index is 13.3. The van der Waals surface area contributed by atoms with Crippen LogP contribution in [-0.4, -0.2) is 27.9 Å². The van der Waals surface area contributed by atoms with Gasteiger partial charge in [0, 0.05) is 18.7 Å². The highest BCUT2D eigenvalue weighted by Gasteiger charge is 2.21. The van der Waals surface area contributed by atoms with Crippen LogP contribution in [0.1, 0.15) is 43.4 Å². The summed E-state index contributed by atoms with van der Waals surface area (Å²) in [5.74, 6) is 2.29. The Morgan fingerprint density at radius 3 is 2.71 bits per heavy atom. The van der Waals surface area contributed by atoms with Crippen molar-refractivity contribution in [3.63, 3.8) is 0 Å². The quantitative estimate of drug-likeness (QED) is 0.622. The van der Waals surface area contributed by atoms with Gasteiger partial charge in [0.1, 0.15) is 11.6 Å². The average Bonchev–Trinajstić information content (AvgIpc) is 3.06. The maximum atomic E-state index is 13.3. The summed E-state index contributed by atoms with van der Waals surface area (Å²) < 4.78 is 7.38. The zero-order valence-corrected chi connectivity index (χ0v) is 18.2. The molecule has 0 aliphatic carbocycles. The third kappa shape index (κ3) is 4.87. The molecule has 1 aromatic heterocycles. The fourth-order valence-corrected chi connectivity index (χ4v) is 3.84. The van der Waals surface area contributed by atoms with Crippen LogP contribution >= 0.6 is 0 Å². The van der Waals surface area contributed by atoms with Gasteiger partial charge in [-0.05, 0) is 49.1 Å². The first-order valence-corrected chi connectivity index (χ1v) is 10.9. The molecule has 3 aromatic rings. The molecule has 4 rings (SSSR count). The van der Waals surface area contributed by atoms with Crippen LogP contribution in [0.25, 0.3) is 0 Å². The number of amides is 2. The Morgan fingerprint density at radius 2 is 1.94 bits per heavy atom. The number of benzene rings is 2. The van der Waals surface area contributed by atoms with Crippen molar-refractivity contribution in [3.8, 4) is 5.75 Å². The number of carbonyl (C=O) groups excluding carboxylic acids is 1. The second kappa shape index (κ2) is 9.64. The molecule has 31 heavy (non-hydrogen) atoms. The van der Waals surface area contributed by atoms with E-state index in [-0.39, 0.29) is 6.03 Å². The van der Waals surface area contributed by atoms with Crippen molar-refractivity contribution in [2.45, 2.75) is 52.1 Å². The van der Waals surface area contributed by atoms with Gasteiger partial charge in [-0.2, -0.15) is 5.10 Å². The van der Waals surface area contributed by atoms with Gasteiger partial charge in [0.05, 0.1) is 19.3 Å². The van der Waals surface area contributed by atoms with E-state index in [1.807, 2.05) is 41.1 Å². The van der Waals surface area contributed by atoms with Crippen LogP contribution < -0.4 is 15.0 Å². The lowest BCUT2D eigenvalue weighted by Gasteiger charge is -2.23. The van der Waals surface area contributed by atoms with E-state index in [1.165, 1.54) is 12.0 Å². The Hall–Kier alpha value is -3.35. The number of rotatable bonds is 6. The molecule has 1 aliphatic heterocycles. The molecule has 0 spiro atoms. The van der Waals surface area contributed by atoms with Gasteiger partial charge in [-0.15, -0.1) is 0 Å². The van der Waals surface area contributed by atoms with Crippen molar-refractivity contribution >= 4 is 17.4 Å². The second-order valence-corrected chi connectivity index (χ2v) is 7.71. The SMILES string of the molecule is CCc1ccc(N(Cc2nc3n(n2)CCCCC3)C(=O)Nc2ccccc2OC)cc1. The summed E-state index contributed by atoms with van der Waals surface area (Å²) in [5.41, 5.74) is 2.65. The molecule has 0 atom stereocenters. The fourth-order valence-electron chi connectivity index (χ4n) is 3.84. The first kappa shape index (κ1) is 20.9. The minimum absolute atomic E-state index is 0.251. The minimum Gasteiger partial charge on any atom is -0.495 e. The monoisotopic (exact) mass is 419 g/mol. The Bertz CT molecular complexity index is 1010. The van der Waals surface area contributed by atoms with E-state index < -0.39 is 0 Å². The van der Waals surface area contributed by atoms with Crippen molar-refractivity contribution in [1.82, 2.24) is 14.8 Å². The van der Waals surface area contributed by atoms with Crippen molar-refractivity contribution in [1.29, 1.82) is 0 Å². The molecule has 0 bridgehead atoms. The van der Waals surface area contributed by atoms with Gasteiger partial charge in [-0.25, -0.2) is 14.5 Å². The van der Waals surface area contributed by atoms with Crippen molar-refractivity contribution in [2.75, 3.05) is 17.3 Å². The molecule has 0 fully saturated rings.